The van der Waals surface area contributed by atoms with Gasteiger partial charge in [0.1, 0.15) is 17.9 Å². The van der Waals surface area contributed by atoms with E-state index in [0.717, 1.165) is 40.7 Å². The molecular formula is C19H24N4O2. The normalized spacial score (nSPS) is 21.6. The molecule has 4 rings (SSSR count). The summed E-state index contributed by atoms with van der Waals surface area (Å²) in [6.07, 6.45) is 3.01. The summed E-state index contributed by atoms with van der Waals surface area (Å²) in [5.74, 6) is 0.931. The first kappa shape index (κ1) is 16.4. The Morgan fingerprint density at radius 1 is 1.28 bits per heavy atom. The molecule has 0 aliphatic carbocycles. The largest absolute Gasteiger partial charge is 0.374 e. The predicted octanol–water partition coefficient (Wildman–Crippen LogP) is 3.15. The van der Waals surface area contributed by atoms with Crippen molar-refractivity contribution < 1.29 is 9.57 Å². The van der Waals surface area contributed by atoms with Crippen LogP contribution in [0.2, 0.25) is 0 Å². The number of benzene rings is 1. The molecule has 0 spiro atoms. The molecule has 1 aliphatic heterocycles. The van der Waals surface area contributed by atoms with Crippen LogP contribution in [0.4, 0.5) is 0 Å². The second-order valence-electron chi connectivity index (χ2n) is 6.64. The van der Waals surface area contributed by atoms with Crippen LogP contribution in [0, 0.1) is 0 Å². The van der Waals surface area contributed by atoms with Crippen molar-refractivity contribution in [2.24, 2.45) is 0 Å². The average molecular weight is 340 g/mol. The summed E-state index contributed by atoms with van der Waals surface area (Å²) in [5, 5.41) is 3.07. The second kappa shape index (κ2) is 6.71. The topological polar surface area (TPSA) is 52.4 Å². The molecule has 6 nitrogen and oxygen atoms in total. The quantitative estimate of drug-likeness (QED) is 0.714. The lowest BCUT2D eigenvalue weighted by atomic mass is 10.1. The highest BCUT2D eigenvalue weighted by Gasteiger charge is 2.29. The zero-order valence-corrected chi connectivity index (χ0v) is 15.0. The highest BCUT2D eigenvalue weighted by atomic mass is 16.7. The number of aromatic nitrogens is 3. The standard InChI is InChI=1S/C19H24N4O2/c1-4-24-12-18-21-17-10-20-16-8-6-5-7-15(16)19(17)23(18)11-14-9-13(2)22(3)25-14/h5-8,10,13-14H,4,9,11-12H2,1-3H3. The fraction of sp³-hybridized carbons (Fsp3) is 0.474. The third kappa shape index (κ3) is 3.01. The Morgan fingerprint density at radius 3 is 2.88 bits per heavy atom. The monoisotopic (exact) mass is 340 g/mol. The molecule has 6 heteroatoms. The molecule has 0 bridgehead atoms. The maximum atomic E-state index is 6.00. The van der Waals surface area contributed by atoms with Gasteiger partial charge in [0.05, 0.1) is 29.9 Å². The molecule has 0 radical (unpaired) electrons. The molecule has 0 N–H and O–H groups in total. The lowest BCUT2D eigenvalue weighted by molar-refractivity contribution is -0.143. The van der Waals surface area contributed by atoms with Gasteiger partial charge in [0.2, 0.25) is 0 Å². The molecule has 0 saturated carbocycles. The number of pyridine rings is 1. The van der Waals surface area contributed by atoms with Crippen molar-refractivity contribution in [3.63, 3.8) is 0 Å². The summed E-state index contributed by atoms with van der Waals surface area (Å²) < 4.78 is 7.91. The molecule has 1 fully saturated rings. The van der Waals surface area contributed by atoms with E-state index in [1.54, 1.807) is 0 Å². The Labute approximate surface area is 147 Å². The summed E-state index contributed by atoms with van der Waals surface area (Å²) in [6.45, 7) is 6.12. The van der Waals surface area contributed by atoms with Crippen LogP contribution in [0.5, 0.6) is 0 Å². The molecule has 2 unspecified atom stereocenters. The number of hydrogen-bond acceptors (Lipinski definition) is 5. The van der Waals surface area contributed by atoms with Gasteiger partial charge in [-0.25, -0.2) is 4.98 Å². The van der Waals surface area contributed by atoms with Crippen LogP contribution in [-0.2, 0) is 22.7 Å². The van der Waals surface area contributed by atoms with Gasteiger partial charge in [-0.1, -0.05) is 18.2 Å². The van der Waals surface area contributed by atoms with Gasteiger partial charge in [-0.15, -0.1) is 0 Å². The van der Waals surface area contributed by atoms with Gasteiger partial charge in [0.15, 0.2) is 0 Å². The fourth-order valence-corrected chi connectivity index (χ4v) is 3.53. The molecule has 132 valence electrons. The molecule has 0 amide bonds. The lowest BCUT2D eigenvalue weighted by Gasteiger charge is -2.16. The van der Waals surface area contributed by atoms with Crippen molar-refractivity contribution in [1.29, 1.82) is 0 Å². The van der Waals surface area contributed by atoms with Crippen LogP contribution in [-0.4, -0.2) is 45.4 Å². The van der Waals surface area contributed by atoms with Crippen molar-refractivity contribution in [1.82, 2.24) is 19.6 Å². The smallest absolute Gasteiger partial charge is 0.136 e. The minimum Gasteiger partial charge on any atom is -0.374 e. The van der Waals surface area contributed by atoms with E-state index in [1.165, 1.54) is 0 Å². The SMILES string of the molecule is CCOCc1nc2cnc3ccccc3c2n1CC1CC(C)N(C)O1. The number of hydrogen-bond donors (Lipinski definition) is 0. The first-order chi connectivity index (χ1) is 12.2. The van der Waals surface area contributed by atoms with Crippen LogP contribution >= 0.6 is 0 Å². The van der Waals surface area contributed by atoms with Gasteiger partial charge in [-0.3, -0.25) is 9.82 Å². The van der Waals surface area contributed by atoms with Gasteiger partial charge in [0.25, 0.3) is 0 Å². The van der Waals surface area contributed by atoms with Crippen molar-refractivity contribution >= 4 is 21.9 Å². The first-order valence-electron chi connectivity index (χ1n) is 8.87. The van der Waals surface area contributed by atoms with E-state index < -0.39 is 0 Å². The van der Waals surface area contributed by atoms with E-state index in [1.807, 2.05) is 43.4 Å². The molecule has 25 heavy (non-hydrogen) atoms. The minimum absolute atomic E-state index is 0.143. The van der Waals surface area contributed by atoms with E-state index in [0.29, 0.717) is 19.3 Å². The Balaban J connectivity index is 1.81. The molecule has 1 saturated heterocycles. The van der Waals surface area contributed by atoms with Crippen molar-refractivity contribution in [2.75, 3.05) is 13.7 Å². The summed E-state index contributed by atoms with van der Waals surface area (Å²) in [7, 11) is 2.00. The number of imidazole rings is 1. The van der Waals surface area contributed by atoms with E-state index in [-0.39, 0.29) is 6.10 Å². The first-order valence-corrected chi connectivity index (χ1v) is 8.87. The van der Waals surface area contributed by atoms with Crippen LogP contribution in [0.3, 0.4) is 0 Å². The number of rotatable bonds is 5. The third-order valence-corrected chi connectivity index (χ3v) is 4.92. The Morgan fingerprint density at radius 2 is 2.12 bits per heavy atom. The number of para-hydroxylation sites is 1. The fourth-order valence-electron chi connectivity index (χ4n) is 3.53. The molecule has 3 heterocycles. The molecule has 2 atom stereocenters. The van der Waals surface area contributed by atoms with Crippen LogP contribution in [0.1, 0.15) is 26.1 Å². The van der Waals surface area contributed by atoms with Gasteiger partial charge < -0.3 is 9.30 Å². The number of fused-ring (bicyclic) bond motifs is 3. The van der Waals surface area contributed by atoms with Crippen molar-refractivity contribution in [3.05, 3.63) is 36.3 Å². The van der Waals surface area contributed by atoms with Crippen LogP contribution in [0.15, 0.2) is 30.5 Å². The van der Waals surface area contributed by atoms with Gasteiger partial charge in [-0.05, 0) is 26.3 Å². The zero-order valence-electron chi connectivity index (χ0n) is 15.0. The molecule has 1 aromatic carbocycles. The maximum absolute atomic E-state index is 6.00. The van der Waals surface area contributed by atoms with Gasteiger partial charge in [0, 0.05) is 25.1 Å². The van der Waals surface area contributed by atoms with Gasteiger partial charge >= 0.3 is 0 Å². The number of ether oxygens (including phenoxy) is 1. The Kier molecular flexibility index (Phi) is 4.41. The number of nitrogens with zero attached hydrogens (tertiary/aromatic N) is 4. The number of hydroxylamine groups is 2. The van der Waals surface area contributed by atoms with Gasteiger partial charge in [-0.2, -0.15) is 5.06 Å². The van der Waals surface area contributed by atoms with E-state index in [9.17, 15) is 0 Å². The Bertz CT molecular complexity index is 882. The molecule has 2 aromatic heterocycles. The maximum Gasteiger partial charge on any atom is 0.136 e. The summed E-state index contributed by atoms with van der Waals surface area (Å²) in [6, 6.07) is 8.63. The highest BCUT2D eigenvalue weighted by molar-refractivity contribution is 6.02. The van der Waals surface area contributed by atoms with Crippen LogP contribution < -0.4 is 0 Å². The van der Waals surface area contributed by atoms with Crippen molar-refractivity contribution in [3.8, 4) is 0 Å². The Hall–Kier alpha value is -2.02. The summed E-state index contributed by atoms with van der Waals surface area (Å²) >= 11 is 0. The highest BCUT2D eigenvalue weighted by Crippen LogP contribution is 2.28. The minimum atomic E-state index is 0.143. The van der Waals surface area contributed by atoms with E-state index in [4.69, 9.17) is 14.6 Å². The molecule has 1 aliphatic rings. The molecule has 3 aromatic rings. The predicted molar refractivity (Wildman–Crippen MR) is 97.1 cm³/mol. The average Bonchev–Trinajstić information content (AvgIpc) is 3.13. The molecular weight excluding hydrogens is 316 g/mol. The second-order valence-corrected chi connectivity index (χ2v) is 6.64. The lowest BCUT2D eigenvalue weighted by Crippen LogP contribution is -2.21. The summed E-state index contributed by atoms with van der Waals surface area (Å²) in [5.41, 5.74) is 3.01. The van der Waals surface area contributed by atoms with Crippen molar-refractivity contribution in [2.45, 2.75) is 45.6 Å². The van der Waals surface area contributed by atoms with Crippen LogP contribution in [0.25, 0.3) is 21.9 Å². The zero-order chi connectivity index (χ0) is 17.4. The van der Waals surface area contributed by atoms with E-state index >= 15 is 0 Å². The third-order valence-electron chi connectivity index (χ3n) is 4.92. The summed E-state index contributed by atoms with van der Waals surface area (Å²) in [4.78, 5) is 15.3. The van der Waals surface area contributed by atoms with E-state index in [2.05, 4.69) is 22.5 Å².